The maximum Gasteiger partial charge on any atom is 0.254 e. The van der Waals surface area contributed by atoms with Gasteiger partial charge in [0, 0.05) is 25.2 Å². The zero-order valence-electron chi connectivity index (χ0n) is 11.1. The lowest BCUT2D eigenvalue weighted by molar-refractivity contribution is 0.0880. The van der Waals surface area contributed by atoms with Gasteiger partial charge in [-0.05, 0) is 19.8 Å². The number of carbonyl (C=O) groups is 1. The van der Waals surface area contributed by atoms with E-state index in [0.29, 0.717) is 12.1 Å². The van der Waals surface area contributed by atoms with Gasteiger partial charge in [0.2, 0.25) is 0 Å². The number of carbonyl (C=O) groups excluding carboxylic acids is 1. The Kier molecular flexibility index (Phi) is 3.71. The Balaban J connectivity index is 1.98. The molecule has 0 aromatic carbocycles. The number of hydrogen-bond acceptors (Lipinski definition) is 3. The summed E-state index contributed by atoms with van der Waals surface area (Å²) in [6, 6.07) is 0. The fourth-order valence-corrected chi connectivity index (χ4v) is 2.70. The fourth-order valence-electron chi connectivity index (χ4n) is 2.70. The Morgan fingerprint density at radius 3 is 2.72 bits per heavy atom. The first-order chi connectivity index (χ1) is 8.56. The highest BCUT2D eigenvalue weighted by Crippen LogP contribution is 2.36. The molecule has 0 spiro atoms. The van der Waals surface area contributed by atoms with Crippen LogP contribution >= 0.6 is 0 Å². The standard InChI is InChI=1S/C13H21N3O2/c1-10-11(7-16(2)15-10)12(18)14-8-13(9-17)5-3-4-6-13/h7,17H,3-6,8-9H2,1-2H3,(H,14,18). The van der Waals surface area contributed by atoms with Crippen LogP contribution in [0.2, 0.25) is 0 Å². The number of nitrogens with one attached hydrogen (secondary N) is 1. The van der Waals surface area contributed by atoms with Crippen LogP contribution < -0.4 is 5.32 Å². The van der Waals surface area contributed by atoms with E-state index in [2.05, 4.69) is 10.4 Å². The molecule has 2 N–H and O–H groups in total. The SMILES string of the molecule is Cc1nn(C)cc1C(=O)NCC1(CO)CCCC1. The van der Waals surface area contributed by atoms with Crippen LogP contribution in [0.15, 0.2) is 6.20 Å². The molecule has 1 aliphatic carbocycles. The van der Waals surface area contributed by atoms with Crippen LogP contribution in [0.4, 0.5) is 0 Å². The van der Waals surface area contributed by atoms with Gasteiger partial charge in [-0.2, -0.15) is 5.10 Å². The molecule has 2 rings (SSSR count). The number of aliphatic hydroxyl groups is 1. The van der Waals surface area contributed by atoms with E-state index in [9.17, 15) is 9.90 Å². The molecule has 1 amide bonds. The Labute approximate surface area is 107 Å². The molecule has 0 atom stereocenters. The zero-order chi connectivity index (χ0) is 13.2. The second-order valence-corrected chi connectivity index (χ2v) is 5.35. The molecule has 18 heavy (non-hydrogen) atoms. The molecular weight excluding hydrogens is 230 g/mol. The molecule has 1 heterocycles. The number of aromatic nitrogens is 2. The maximum absolute atomic E-state index is 12.0. The van der Waals surface area contributed by atoms with Gasteiger partial charge in [-0.1, -0.05) is 12.8 Å². The molecule has 0 bridgehead atoms. The Morgan fingerprint density at radius 1 is 1.56 bits per heavy atom. The second-order valence-electron chi connectivity index (χ2n) is 5.35. The van der Waals surface area contributed by atoms with Crippen molar-refractivity contribution in [1.29, 1.82) is 0 Å². The summed E-state index contributed by atoms with van der Waals surface area (Å²) >= 11 is 0. The van der Waals surface area contributed by atoms with Gasteiger partial charge in [-0.3, -0.25) is 9.48 Å². The van der Waals surface area contributed by atoms with Crippen molar-refractivity contribution in [3.63, 3.8) is 0 Å². The van der Waals surface area contributed by atoms with E-state index in [1.807, 2.05) is 6.92 Å². The van der Waals surface area contributed by atoms with Crippen molar-refractivity contribution < 1.29 is 9.90 Å². The van der Waals surface area contributed by atoms with Gasteiger partial charge in [0.05, 0.1) is 17.9 Å². The molecule has 1 aliphatic rings. The summed E-state index contributed by atoms with van der Waals surface area (Å²) < 4.78 is 1.64. The molecule has 1 aromatic heterocycles. The highest BCUT2D eigenvalue weighted by Gasteiger charge is 2.33. The van der Waals surface area contributed by atoms with Crippen LogP contribution in [0, 0.1) is 12.3 Å². The van der Waals surface area contributed by atoms with Crippen LogP contribution in [0.5, 0.6) is 0 Å². The van der Waals surface area contributed by atoms with Crippen molar-refractivity contribution in [3.8, 4) is 0 Å². The van der Waals surface area contributed by atoms with Crippen LogP contribution in [0.25, 0.3) is 0 Å². The minimum Gasteiger partial charge on any atom is -0.396 e. The van der Waals surface area contributed by atoms with Crippen LogP contribution in [0.3, 0.4) is 0 Å². The maximum atomic E-state index is 12.0. The largest absolute Gasteiger partial charge is 0.396 e. The first-order valence-corrected chi connectivity index (χ1v) is 6.46. The number of amides is 1. The molecule has 1 saturated carbocycles. The number of aryl methyl sites for hydroxylation is 2. The summed E-state index contributed by atoms with van der Waals surface area (Å²) in [5, 5.41) is 16.6. The van der Waals surface area contributed by atoms with Gasteiger partial charge in [0.1, 0.15) is 0 Å². The zero-order valence-corrected chi connectivity index (χ0v) is 11.1. The Hall–Kier alpha value is -1.36. The second kappa shape index (κ2) is 5.10. The average Bonchev–Trinajstić information content (AvgIpc) is 2.94. The molecule has 0 radical (unpaired) electrons. The van der Waals surface area contributed by atoms with Gasteiger partial charge in [-0.25, -0.2) is 0 Å². The van der Waals surface area contributed by atoms with Gasteiger partial charge in [0.25, 0.3) is 5.91 Å². The molecule has 1 fully saturated rings. The molecule has 1 aromatic rings. The molecule has 5 heteroatoms. The molecule has 100 valence electrons. The molecular formula is C13H21N3O2. The van der Waals surface area contributed by atoms with Crippen molar-refractivity contribution in [3.05, 3.63) is 17.5 Å². The van der Waals surface area contributed by atoms with E-state index in [0.717, 1.165) is 31.4 Å². The van der Waals surface area contributed by atoms with Gasteiger partial charge >= 0.3 is 0 Å². The predicted molar refractivity (Wildman–Crippen MR) is 68.3 cm³/mol. The van der Waals surface area contributed by atoms with E-state index in [1.165, 1.54) is 0 Å². The quantitative estimate of drug-likeness (QED) is 0.839. The predicted octanol–water partition coefficient (Wildman–Crippen LogP) is 1.01. The number of nitrogens with zero attached hydrogens (tertiary/aromatic N) is 2. The van der Waals surface area contributed by atoms with Crippen molar-refractivity contribution in [1.82, 2.24) is 15.1 Å². The monoisotopic (exact) mass is 251 g/mol. The lowest BCUT2D eigenvalue weighted by Gasteiger charge is -2.26. The van der Waals surface area contributed by atoms with E-state index in [4.69, 9.17) is 0 Å². The minimum atomic E-state index is -0.105. The van der Waals surface area contributed by atoms with E-state index < -0.39 is 0 Å². The van der Waals surface area contributed by atoms with Gasteiger partial charge in [-0.15, -0.1) is 0 Å². The fraction of sp³-hybridized carbons (Fsp3) is 0.692. The molecule has 0 aliphatic heterocycles. The highest BCUT2D eigenvalue weighted by atomic mass is 16.3. The summed E-state index contributed by atoms with van der Waals surface area (Å²) in [6.07, 6.45) is 6.00. The summed E-state index contributed by atoms with van der Waals surface area (Å²) in [6.45, 7) is 2.53. The Morgan fingerprint density at radius 2 is 2.22 bits per heavy atom. The van der Waals surface area contributed by atoms with Crippen LogP contribution in [-0.2, 0) is 7.05 Å². The third kappa shape index (κ3) is 2.56. The van der Waals surface area contributed by atoms with Crippen LogP contribution in [0.1, 0.15) is 41.7 Å². The van der Waals surface area contributed by atoms with Crippen LogP contribution in [-0.4, -0.2) is 33.9 Å². The summed E-state index contributed by atoms with van der Waals surface area (Å²) in [4.78, 5) is 12.0. The van der Waals surface area contributed by atoms with Crippen molar-refractivity contribution >= 4 is 5.91 Å². The smallest absolute Gasteiger partial charge is 0.254 e. The van der Waals surface area contributed by atoms with E-state index >= 15 is 0 Å². The topological polar surface area (TPSA) is 67.2 Å². The summed E-state index contributed by atoms with van der Waals surface area (Å²) in [5.41, 5.74) is 1.24. The molecule has 5 nitrogen and oxygen atoms in total. The highest BCUT2D eigenvalue weighted by molar-refractivity contribution is 5.95. The number of rotatable bonds is 4. The number of hydrogen-bond donors (Lipinski definition) is 2. The third-order valence-corrected chi connectivity index (χ3v) is 3.88. The third-order valence-electron chi connectivity index (χ3n) is 3.88. The van der Waals surface area contributed by atoms with Crippen molar-refractivity contribution in [2.24, 2.45) is 12.5 Å². The normalized spacial score (nSPS) is 17.9. The summed E-state index contributed by atoms with van der Waals surface area (Å²) in [7, 11) is 1.80. The van der Waals surface area contributed by atoms with Crippen molar-refractivity contribution in [2.45, 2.75) is 32.6 Å². The average molecular weight is 251 g/mol. The number of aliphatic hydroxyl groups excluding tert-OH is 1. The van der Waals surface area contributed by atoms with Gasteiger partial charge in [0.15, 0.2) is 0 Å². The first kappa shape index (κ1) is 13.1. The minimum absolute atomic E-state index is 0.0969. The molecule has 0 saturated heterocycles. The van der Waals surface area contributed by atoms with Gasteiger partial charge < -0.3 is 10.4 Å². The first-order valence-electron chi connectivity index (χ1n) is 6.46. The molecule has 0 unspecified atom stereocenters. The lowest BCUT2D eigenvalue weighted by Crippen LogP contribution is -2.38. The van der Waals surface area contributed by atoms with Crippen molar-refractivity contribution in [2.75, 3.05) is 13.2 Å². The summed E-state index contributed by atoms with van der Waals surface area (Å²) in [5.74, 6) is -0.0969. The lowest BCUT2D eigenvalue weighted by atomic mass is 9.87. The Bertz CT molecular complexity index is 433. The van der Waals surface area contributed by atoms with E-state index in [-0.39, 0.29) is 17.9 Å². The van der Waals surface area contributed by atoms with E-state index in [1.54, 1.807) is 17.9 Å².